The lowest BCUT2D eigenvalue weighted by molar-refractivity contribution is 1.14. The first-order chi connectivity index (χ1) is 8.13. The minimum absolute atomic E-state index is 0.0436. The molecule has 0 aliphatic heterocycles. The van der Waals surface area contributed by atoms with Gasteiger partial charge < -0.3 is 5.73 Å². The van der Waals surface area contributed by atoms with E-state index in [-0.39, 0.29) is 11.4 Å². The lowest BCUT2D eigenvalue weighted by atomic mass is 10.1. The molecule has 4 heteroatoms. The van der Waals surface area contributed by atoms with Crippen LogP contribution in [0.25, 0.3) is 0 Å². The molecule has 2 N–H and O–H groups in total. The molecule has 17 heavy (non-hydrogen) atoms. The molecule has 2 rings (SSSR count). The fraction of sp³-hybridized carbons (Fsp3) is 0.154. The quantitative estimate of drug-likeness (QED) is 0.633. The molecule has 2 aromatic rings. The molecule has 4 nitrogen and oxygen atoms in total. The van der Waals surface area contributed by atoms with Gasteiger partial charge in [0.25, 0.3) is 10.9 Å². The summed E-state index contributed by atoms with van der Waals surface area (Å²) in [5.41, 5.74) is 6.22. The highest BCUT2D eigenvalue weighted by atomic mass is 16.2. The number of benzene rings is 1. The highest BCUT2D eigenvalue weighted by molar-refractivity contribution is 5.84. The Balaban J connectivity index is 2.27. The predicted octanol–water partition coefficient (Wildman–Crippen LogP) is 1.18. The van der Waals surface area contributed by atoms with Crippen molar-refractivity contribution in [3.63, 3.8) is 0 Å². The summed E-state index contributed by atoms with van der Waals surface area (Å²) in [4.78, 5) is 25.9. The second kappa shape index (κ2) is 4.33. The lowest BCUT2D eigenvalue weighted by Crippen LogP contribution is -2.33. The summed E-state index contributed by atoms with van der Waals surface area (Å²) in [5, 5.41) is 0. The van der Waals surface area contributed by atoms with Crippen LogP contribution in [0.15, 0.2) is 38.8 Å². The van der Waals surface area contributed by atoms with Gasteiger partial charge in [-0.05, 0) is 17.5 Å². The van der Waals surface area contributed by atoms with Gasteiger partial charge >= 0.3 is 0 Å². The van der Waals surface area contributed by atoms with Crippen molar-refractivity contribution in [2.24, 2.45) is 4.99 Å². The summed E-state index contributed by atoms with van der Waals surface area (Å²) in [5.74, 6) is 0. The number of nitrogens with two attached hydrogens (primary N) is 1. The molecule has 0 amide bonds. The summed E-state index contributed by atoms with van der Waals surface area (Å²) in [6, 6.07) is 7.80. The molecule has 2 aromatic carbocycles. The minimum Gasteiger partial charge on any atom is -0.394 e. The van der Waals surface area contributed by atoms with Crippen molar-refractivity contribution in [2.75, 3.05) is 5.73 Å². The molecule has 0 aliphatic rings. The predicted molar refractivity (Wildman–Crippen MR) is 68.8 cm³/mol. The summed E-state index contributed by atoms with van der Waals surface area (Å²) >= 11 is 0. The standard InChI is InChI=1S/C13H12N2O2/c1-2-8-4-3-5-9(6-8)7-15-11-10(14)12(16)13(11)17/h3-7H,2,14H2,1H3. The first kappa shape index (κ1) is 11.3. The zero-order chi connectivity index (χ0) is 12.4. The third-order valence-electron chi connectivity index (χ3n) is 2.62. The van der Waals surface area contributed by atoms with Crippen LogP contribution in [0.2, 0.25) is 0 Å². The highest BCUT2D eigenvalue weighted by Crippen LogP contribution is 2.13. The molecule has 0 aromatic heterocycles. The SMILES string of the molecule is CCc1cccc(C=Nc2c(N)c(=O)c2=O)c1. The van der Waals surface area contributed by atoms with Crippen molar-refractivity contribution >= 4 is 17.6 Å². The number of aryl methyl sites for hydroxylation is 1. The number of hydrogen-bond donors (Lipinski definition) is 1. The first-order valence-electron chi connectivity index (χ1n) is 5.35. The molecule has 0 aliphatic carbocycles. The molecule has 0 bridgehead atoms. The molecule has 86 valence electrons. The van der Waals surface area contributed by atoms with Gasteiger partial charge in [-0.15, -0.1) is 0 Å². The number of rotatable bonds is 3. The number of anilines is 1. The Kier molecular flexibility index (Phi) is 2.87. The lowest BCUT2D eigenvalue weighted by Gasteiger charge is -2.01. The van der Waals surface area contributed by atoms with E-state index < -0.39 is 10.9 Å². The van der Waals surface area contributed by atoms with Gasteiger partial charge in [-0.3, -0.25) is 9.59 Å². The second-order valence-corrected chi connectivity index (χ2v) is 3.78. The minimum atomic E-state index is -0.639. The molecule has 0 radical (unpaired) electrons. The van der Waals surface area contributed by atoms with Gasteiger partial charge in [0, 0.05) is 6.21 Å². The van der Waals surface area contributed by atoms with Crippen LogP contribution in [0.5, 0.6) is 0 Å². The fourth-order valence-corrected chi connectivity index (χ4v) is 1.56. The Hall–Kier alpha value is -2.23. The molecule has 0 atom stereocenters. The number of aliphatic imine (C=N–C) groups is 1. The van der Waals surface area contributed by atoms with Crippen LogP contribution in [0.4, 0.5) is 11.4 Å². The normalized spacial score (nSPS) is 11.4. The van der Waals surface area contributed by atoms with Crippen molar-refractivity contribution in [1.82, 2.24) is 0 Å². The van der Waals surface area contributed by atoms with E-state index in [1.165, 1.54) is 5.56 Å². The highest BCUT2D eigenvalue weighted by Gasteiger charge is 2.16. The average Bonchev–Trinajstić information content (AvgIpc) is 2.38. The summed E-state index contributed by atoms with van der Waals surface area (Å²) in [7, 11) is 0. The third-order valence-corrected chi connectivity index (χ3v) is 2.62. The van der Waals surface area contributed by atoms with Crippen LogP contribution in [-0.2, 0) is 6.42 Å². The van der Waals surface area contributed by atoms with Crippen LogP contribution in [0.1, 0.15) is 18.1 Å². The van der Waals surface area contributed by atoms with Gasteiger partial charge in [0.15, 0.2) is 0 Å². The van der Waals surface area contributed by atoms with Crippen molar-refractivity contribution in [1.29, 1.82) is 0 Å². The van der Waals surface area contributed by atoms with Crippen molar-refractivity contribution in [2.45, 2.75) is 13.3 Å². The summed E-state index contributed by atoms with van der Waals surface area (Å²) < 4.78 is 0. The topological polar surface area (TPSA) is 72.5 Å². The molecule has 0 saturated heterocycles. The van der Waals surface area contributed by atoms with Crippen LogP contribution in [0.3, 0.4) is 0 Å². The van der Waals surface area contributed by atoms with E-state index in [9.17, 15) is 9.59 Å². The Morgan fingerprint density at radius 1 is 1.29 bits per heavy atom. The smallest absolute Gasteiger partial charge is 0.255 e. The van der Waals surface area contributed by atoms with Crippen molar-refractivity contribution in [3.05, 3.63) is 55.8 Å². The van der Waals surface area contributed by atoms with E-state index in [2.05, 4.69) is 11.9 Å². The van der Waals surface area contributed by atoms with Gasteiger partial charge in [0.1, 0.15) is 11.4 Å². The van der Waals surface area contributed by atoms with Crippen LogP contribution < -0.4 is 16.6 Å². The maximum Gasteiger partial charge on any atom is 0.255 e. The maximum absolute atomic E-state index is 11.1. The van der Waals surface area contributed by atoms with Crippen molar-refractivity contribution < 1.29 is 0 Å². The van der Waals surface area contributed by atoms with E-state index in [0.29, 0.717) is 0 Å². The molecule has 0 fully saturated rings. The maximum atomic E-state index is 11.1. The third kappa shape index (κ3) is 2.01. The summed E-state index contributed by atoms with van der Waals surface area (Å²) in [6.07, 6.45) is 2.48. The van der Waals surface area contributed by atoms with Gasteiger partial charge in [-0.25, -0.2) is 4.99 Å². The summed E-state index contributed by atoms with van der Waals surface area (Å²) in [6.45, 7) is 2.06. The van der Waals surface area contributed by atoms with Crippen molar-refractivity contribution in [3.8, 4) is 0 Å². The van der Waals surface area contributed by atoms with E-state index in [4.69, 9.17) is 5.73 Å². The largest absolute Gasteiger partial charge is 0.394 e. The Bertz CT molecular complexity index is 650. The van der Waals surface area contributed by atoms with E-state index in [1.54, 1.807) is 6.21 Å². The van der Waals surface area contributed by atoms with E-state index in [0.717, 1.165) is 12.0 Å². The Morgan fingerprint density at radius 2 is 2.06 bits per heavy atom. The average molecular weight is 228 g/mol. The Morgan fingerprint density at radius 3 is 2.71 bits per heavy atom. The van der Waals surface area contributed by atoms with Crippen LogP contribution in [0, 0.1) is 0 Å². The number of hydrogen-bond acceptors (Lipinski definition) is 4. The van der Waals surface area contributed by atoms with Crippen LogP contribution >= 0.6 is 0 Å². The molecular weight excluding hydrogens is 216 g/mol. The van der Waals surface area contributed by atoms with Gasteiger partial charge in [-0.1, -0.05) is 31.2 Å². The van der Waals surface area contributed by atoms with Gasteiger partial charge in [-0.2, -0.15) is 0 Å². The van der Waals surface area contributed by atoms with E-state index in [1.807, 2.05) is 24.3 Å². The fourth-order valence-electron chi connectivity index (χ4n) is 1.56. The molecule has 0 saturated carbocycles. The van der Waals surface area contributed by atoms with Crippen LogP contribution in [-0.4, -0.2) is 6.21 Å². The van der Waals surface area contributed by atoms with Gasteiger partial charge in [0.05, 0.1) is 0 Å². The molecule has 0 heterocycles. The molecule has 0 spiro atoms. The number of nitrogen functional groups attached to an aromatic ring is 1. The Labute approximate surface area is 98.1 Å². The monoisotopic (exact) mass is 228 g/mol. The van der Waals surface area contributed by atoms with E-state index >= 15 is 0 Å². The zero-order valence-corrected chi connectivity index (χ0v) is 9.43. The number of nitrogens with zero attached hydrogens (tertiary/aromatic N) is 1. The van der Waals surface area contributed by atoms with Gasteiger partial charge in [0.2, 0.25) is 0 Å². The second-order valence-electron chi connectivity index (χ2n) is 3.78. The first-order valence-corrected chi connectivity index (χ1v) is 5.35. The zero-order valence-electron chi connectivity index (χ0n) is 9.43. The molecular formula is C13H12N2O2. The molecule has 0 unspecified atom stereocenters.